The lowest BCUT2D eigenvalue weighted by molar-refractivity contribution is 0.151. The molecule has 4 amide bonds. The molecule has 5 aromatic rings. The first-order valence-corrected chi connectivity index (χ1v) is 23.7. The van der Waals surface area contributed by atoms with Crippen LogP contribution < -0.4 is 40.7 Å². The van der Waals surface area contributed by atoms with Gasteiger partial charge in [-0.3, -0.25) is 0 Å². The van der Waals surface area contributed by atoms with E-state index in [9.17, 15) is 19.2 Å². The second-order valence-electron chi connectivity index (χ2n) is 15.8. The molecule has 74 heavy (non-hydrogen) atoms. The van der Waals surface area contributed by atoms with Gasteiger partial charge in [-0.1, -0.05) is 0 Å². The molecule has 0 atom stereocenters. The quantitative estimate of drug-likeness (QED) is 0.0257. The first-order valence-electron chi connectivity index (χ1n) is 23.7. The number of hydrogen-bond donors (Lipinski definition) is 4. The highest BCUT2D eigenvalue weighted by Crippen LogP contribution is 2.26. The minimum atomic E-state index is -0.644. The molecule has 0 saturated heterocycles. The fourth-order valence-electron chi connectivity index (χ4n) is 6.57. The zero-order valence-corrected chi connectivity index (χ0v) is 42.7. The Morgan fingerprint density at radius 3 is 0.703 bits per heavy atom. The van der Waals surface area contributed by atoms with Gasteiger partial charge in [-0.25, -0.2) is 40.9 Å². The summed E-state index contributed by atoms with van der Waals surface area (Å²) in [4.78, 5) is 47.2. The number of hydrazone groups is 4. The van der Waals surface area contributed by atoms with E-state index in [0.717, 1.165) is 44.5 Å². The second-order valence-corrected chi connectivity index (χ2v) is 15.8. The Bertz CT molecular complexity index is 2400. The summed E-state index contributed by atoms with van der Waals surface area (Å²) in [6.45, 7) is 15.4. The molecule has 0 fully saturated rings. The molecule has 4 N–H and O–H groups in total. The highest BCUT2D eigenvalue weighted by molar-refractivity contribution is 6.01. The van der Waals surface area contributed by atoms with Gasteiger partial charge in [-0.2, -0.15) is 20.4 Å². The second kappa shape index (κ2) is 29.4. The zero-order valence-electron chi connectivity index (χ0n) is 42.7. The average Bonchev–Trinajstić information content (AvgIpc) is 3.41. The first-order chi connectivity index (χ1) is 35.8. The molecule has 0 aliphatic heterocycles. The lowest BCUT2D eigenvalue weighted by Gasteiger charge is -2.19. The fourth-order valence-corrected chi connectivity index (χ4v) is 6.57. The molecule has 0 spiro atoms. The van der Waals surface area contributed by atoms with Crippen molar-refractivity contribution in [2.24, 2.45) is 20.4 Å². The fraction of sp³-hybridized carbons (Fsp3) is 0.296. The van der Waals surface area contributed by atoms with Crippen LogP contribution in [-0.2, 0) is 45.4 Å². The summed E-state index contributed by atoms with van der Waals surface area (Å²) in [5, 5.41) is 16.5. The number of hydrogen-bond acceptors (Lipinski definition) is 16. The van der Waals surface area contributed by atoms with Gasteiger partial charge in [-0.05, 0) is 209 Å². The lowest BCUT2D eigenvalue weighted by atomic mass is 9.99. The summed E-state index contributed by atoms with van der Waals surface area (Å²) in [5.74, 6) is 2.33. The van der Waals surface area contributed by atoms with Crippen molar-refractivity contribution < 1.29 is 57.1 Å². The maximum atomic E-state index is 11.8. The van der Waals surface area contributed by atoms with E-state index in [-0.39, 0.29) is 52.9 Å². The van der Waals surface area contributed by atoms with Gasteiger partial charge in [0.25, 0.3) is 0 Å². The number of carbonyl (C=O) groups excluding carboxylic acids is 4. The molecule has 0 radical (unpaired) electrons. The number of ether oxygens (including phenoxy) is 8. The minimum Gasteiger partial charge on any atom is -0.489 e. The van der Waals surface area contributed by atoms with Gasteiger partial charge in [-0.15, -0.1) is 0 Å². The van der Waals surface area contributed by atoms with Crippen molar-refractivity contribution in [1.29, 1.82) is 0 Å². The third kappa shape index (κ3) is 18.3. The van der Waals surface area contributed by atoms with Crippen molar-refractivity contribution in [3.05, 3.63) is 154 Å². The highest BCUT2D eigenvalue weighted by atomic mass is 16.6. The lowest BCUT2D eigenvalue weighted by Crippen LogP contribution is -2.20. The van der Waals surface area contributed by atoms with Crippen molar-refractivity contribution in [3.63, 3.8) is 0 Å². The minimum absolute atomic E-state index is 0.145. The normalized spacial score (nSPS) is 11.7. The third-order valence-electron chi connectivity index (χ3n) is 10.5. The first kappa shape index (κ1) is 56.0. The topological polar surface area (TPSA) is 240 Å². The third-order valence-corrected chi connectivity index (χ3v) is 10.5. The predicted molar refractivity (Wildman–Crippen MR) is 279 cm³/mol. The molecule has 0 bridgehead atoms. The summed E-state index contributed by atoms with van der Waals surface area (Å²) in [5.41, 5.74) is 18.1. The van der Waals surface area contributed by atoms with Gasteiger partial charge in [0.2, 0.25) is 0 Å². The Balaban J connectivity index is 1.45. The van der Waals surface area contributed by atoms with Gasteiger partial charge in [0.1, 0.15) is 49.4 Å². The number of rotatable bonds is 24. The van der Waals surface area contributed by atoms with Crippen LogP contribution in [0.4, 0.5) is 19.2 Å². The standard InChI is InChI=1S/C54H62N8O12/c1-9-67-51(63)59-55-35(5)39-13-21-47(22-14-39)71-31-43-29-45(33-73-49-25-17-41(18-26-49)37(7)57-61-53(65)69-11-3)46(34-74-50-27-19-42(20-28-50)38(8)58-62-54(66)70-12-4)30-44(43)32-72-48-23-15-40(16-24-48)36(6)56-60-52(64)68-10-2/h13-30H,9-12,31-34H2,1-8H3,(H,59,63)(H,60,64)(H,61,65)(H,62,66)/b55-35-,56-36-,57-37+,58-38+. The number of nitrogens with one attached hydrogen (secondary N) is 4. The molecule has 0 saturated carbocycles. The monoisotopic (exact) mass is 1010 g/mol. The maximum Gasteiger partial charge on any atom is 0.427 e. The van der Waals surface area contributed by atoms with E-state index < -0.39 is 24.4 Å². The Labute approximate surface area is 430 Å². The molecular weight excluding hydrogens is 953 g/mol. The molecule has 5 aromatic carbocycles. The summed E-state index contributed by atoms with van der Waals surface area (Å²) >= 11 is 0. The van der Waals surface area contributed by atoms with Gasteiger partial charge < -0.3 is 37.9 Å². The Hall–Kier alpha value is -8.94. The van der Waals surface area contributed by atoms with E-state index in [1.54, 1.807) is 55.4 Å². The Morgan fingerprint density at radius 2 is 0.527 bits per heavy atom. The van der Waals surface area contributed by atoms with Crippen molar-refractivity contribution in [1.82, 2.24) is 21.7 Å². The van der Waals surface area contributed by atoms with Crippen LogP contribution in [0.3, 0.4) is 0 Å². The van der Waals surface area contributed by atoms with Crippen LogP contribution in [0.2, 0.25) is 0 Å². The van der Waals surface area contributed by atoms with Crippen molar-refractivity contribution >= 4 is 47.2 Å². The van der Waals surface area contributed by atoms with E-state index in [1.165, 1.54) is 0 Å². The van der Waals surface area contributed by atoms with Crippen molar-refractivity contribution in [2.75, 3.05) is 26.4 Å². The predicted octanol–water partition coefficient (Wildman–Crippen LogP) is 9.88. The SMILES string of the molecule is CCOC(=O)N/N=C(/C)c1ccc(OCc2cc(COc3ccc(/C(C)=N/NC(=O)OCC)cc3)c(COc3ccc(/C(C)=N/NC(=O)OCC)cc3)cc2COc2ccc(/C(C)=N\NC(=O)OCC)cc2)cc1. The van der Waals surface area contributed by atoms with Crippen LogP contribution in [0.15, 0.2) is 130 Å². The Kier molecular flexibility index (Phi) is 22.3. The number of benzene rings is 5. The van der Waals surface area contributed by atoms with Gasteiger partial charge >= 0.3 is 24.4 Å². The Morgan fingerprint density at radius 1 is 0.338 bits per heavy atom. The molecule has 0 heterocycles. The van der Waals surface area contributed by atoms with E-state index in [0.29, 0.717) is 45.8 Å². The number of carbonyl (C=O) groups is 4. The molecule has 0 aliphatic carbocycles. The summed E-state index contributed by atoms with van der Waals surface area (Å²) < 4.78 is 45.2. The van der Waals surface area contributed by atoms with E-state index in [4.69, 9.17) is 37.9 Å². The molecule has 20 nitrogen and oxygen atoms in total. The van der Waals surface area contributed by atoms with Crippen LogP contribution >= 0.6 is 0 Å². The summed E-state index contributed by atoms with van der Waals surface area (Å²) in [6, 6.07) is 33.2. The highest BCUT2D eigenvalue weighted by Gasteiger charge is 2.16. The molecule has 20 heteroatoms. The average molecular weight is 1020 g/mol. The molecule has 0 aromatic heterocycles. The number of nitrogens with zero attached hydrogens (tertiary/aromatic N) is 4. The largest absolute Gasteiger partial charge is 0.489 e. The summed E-state index contributed by atoms with van der Waals surface area (Å²) in [6.07, 6.45) is -2.58. The van der Waals surface area contributed by atoms with Gasteiger partial charge in [0.05, 0.1) is 49.3 Å². The zero-order chi connectivity index (χ0) is 53.2. The van der Waals surface area contributed by atoms with Crippen molar-refractivity contribution in [2.45, 2.75) is 81.8 Å². The smallest absolute Gasteiger partial charge is 0.427 e. The van der Waals surface area contributed by atoms with Crippen LogP contribution in [-0.4, -0.2) is 73.6 Å². The van der Waals surface area contributed by atoms with Crippen LogP contribution in [0.5, 0.6) is 23.0 Å². The maximum absolute atomic E-state index is 11.8. The summed E-state index contributed by atoms with van der Waals surface area (Å²) in [7, 11) is 0. The van der Waals surface area contributed by atoms with Crippen LogP contribution in [0, 0.1) is 0 Å². The van der Waals surface area contributed by atoms with Gasteiger partial charge in [0.15, 0.2) is 0 Å². The number of amides is 4. The van der Waals surface area contributed by atoms with Crippen LogP contribution in [0.1, 0.15) is 99.9 Å². The van der Waals surface area contributed by atoms with E-state index >= 15 is 0 Å². The van der Waals surface area contributed by atoms with E-state index in [1.807, 2.05) is 109 Å². The molecule has 0 aliphatic rings. The molecule has 5 rings (SSSR count). The molecular formula is C54H62N8O12. The molecule has 390 valence electrons. The van der Waals surface area contributed by atoms with Gasteiger partial charge in [0, 0.05) is 0 Å². The molecule has 0 unspecified atom stereocenters. The van der Waals surface area contributed by atoms with Crippen molar-refractivity contribution in [3.8, 4) is 23.0 Å². The van der Waals surface area contributed by atoms with E-state index in [2.05, 4.69) is 42.1 Å². The van der Waals surface area contributed by atoms with Crippen LogP contribution in [0.25, 0.3) is 0 Å².